The van der Waals surface area contributed by atoms with Crippen LogP contribution < -0.4 is 5.32 Å². The Morgan fingerprint density at radius 3 is 2.68 bits per heavy atom. The molecule has 0 saturated carbocycles. The molecule has 106 valence electrons. The van der Waals surface area contributed by atoms with Crippen molar-refractivity contribution in [3.63, 3.8) is 0 Å². The molecule has 0 saturated heterocycles. The van der Waals surface area contributed by atoms with Gasteiger partial charge in [-0.15, -0.1) is 0 Å². The summed E-state index contributed by atoms with van der Waals surface area (Å²) in [6, 6.07) is -0.950. The minimum Gasteiger partial charge on any atom is -0.480 e. The monoisotopic (exact) mass is 269 g/mol. The molecule has 8 nitrogen and oxygen atoms in total. The van der Waals surface area contributed by atoms with E-state index in [1.165, 1.54) is 11.2 Å². The first kappa shape index (κ1) is 14.9. The fourth-order valence-electron chi connectivity index (χ4n) is 1.55. The number of aromatic amines is 1. The molecule has 1 rings (SSSR count). The number of carboxylic acid groups (broad SMARTS) is 1. The van der Waals surface area contributed by atoms with E-state index >= 15 is 0 Å². The molecule has 0 aromatic carbocycles. The van der Waals surface area contributed by atoms with Crippen molar-refractivity contribution in [2.45, 2.75) is 39.3 Å². The summed E-state index contributed by atoms with van der Waals surface area (Å²) < 4.78 is 0. The molecular weight excluding hydrogens is 250 g/mol. The highest BCUT2D eigenvalue weighted by atomic mass is 16.4. The van der Waals surface area contributed by atoms with Gasteiger partial charge in [0.25, 0.3) is 0 Å². The van der Waals surface area contributed by atoms with Crippen LogP contribution in [-0.2, 0) is 4.79 Å². The van der Waals surface area contributed by atoms with Gasteiger partial charge in [-0.1, -0.05) is 6.92 Å². The van der Waals surface area contributed by atoms with Crippen LogP contribution in [0.3, 0.4) is 0 Å². The van der Waals surface area contributed by atoms with Crippen LogP contribution in [0.15, 0.2) is 6.33 Å². The van der Waals surface area contributed by atoms with Gasteiger partial charge in [-0.05, 0) is 20.3 Å². The van der Waals surface area contributed by atoms with Crippen molar-refractivity contribution in [1.29, 1.82) is 0 Å². The molecule has 2 unspecified atom stereocenters. The second-order valence-corrected chi connectivity index (χ2v) is 4.32. The second kappa shape index (κ2) is 6.72. The van der Waals surface area contributed by atoms with E-state index in [1.807, 2.05) is 13.8 Å². The summed E-state index contributed by atoms with van der Waals surface area (Å²) in [5.74, 6) is -0.518. The smallest absolute Gasteiger partial charge is 0.323 e. The standard InChI is InChI=1S/C11H19N5O3/c1-4-7(2)16(5-9(17)18)11(19)14-8(3)10-12-6-13-15-10/h6-8H,4-5H2,1-3H3,(H,14,19)(H,17,18)(H,12,13,15). The molecular formula is C11H19N5O3. The van der Waals surface area contributed by atoms with E-state index in [-0.39, 0.29) is 18.6 Å². The Morgan fingerprint density at radius 2 is 2.21 bits per heavy atom. The van der Waals surface area contributed by atoms with Crippen molar-refractivity contribution in [3.8, 4) is 0 Å². The zero-order valence-electron chi connectivity index (χ0n) is 11.3. The quantitative estimate of drug-likeness (QED) is 0.706. The maximum Gasteiger partial charge on any atom is 0.323 e. The van der Waals surface area contributed by atoms with Crippen molar-refractivity contribution in [3.05, 3.63) is 12.2 Å². The average molecular weight is 269 g/mol. The number of amides is 2. The largest absolute Gasteiger partial charge is 0.480 e. The first-order valence-corrected chi connectivity index (χ1v) is 6.09. The molecule has 0 aliphatic rings. The van der Waals surface area contributed by atoms with Gasteiger partial charge < -0.3 is 15.3 Å². The number of urea groups is 1. The molecule has 1 aromatic heterocycles. The van der Waals surface area contributed by atoms with Crippen molar-refractivity contribution in [1.82, 2.24) is 25.4 Å². The fraction of sp³-hybridized carbons (Fsp3) is 0.636. The first-order chi connectivity index (χ1) is 8.95. The lowest BCUT2D eigenvalue weighted by Crippen LogP contribution is -2.48. The Hall–Kier alpha value is -2.12. The SMILES string of the molecule is CCC(C)N(CC(=O)O)C(=O)NC(C)c1ncn[nH]1. The van der Waals surface area contributed by atoms with Gasteiger partial charge in [0.1, 0.15) is 18.7 Å². The Bertz CT molecular complexity index is 420. The van der Waals surface area contributed by atoms with Crippen LogP contribution in [0.25, 0.3) is 0 Å². The van der Waals surface area contributed by atoms with E-state index < -0.39 is 12.0 Å². The highest BCUT2D eigenvalue weighted by Crippen LogP contribution is 2.08. The van der Waals surface area contributed by atoms with Gasteiger partial charge in [-0.25, -0.2) is 9.78 Å². The van der Waals surface area contributed by atoms with Crippen molar-refractivity contribution < 1.29 is 14.7 Å². The topological polar surface area (TPSA) is 111 Å². The summed E-state index contributed by atoms with van der Waals surface area (Å²) in [7, 11) is 0. The molecule has 0 aliphatic heterocycles. The van der Waals surface area contributed by atoms with Crippen molar-refractivity contribution in [2.75, 3.05) is 6.54 Å². The van der Waals surface area contributed by atoms with Gasteiger partial charge in [0.15, 0.2) is 0 Å². The number of carbonyl (C=O) groups excluding carboxylic acids is 1. The van der Waals surface area contributed by atoms with Crippen LogP contribution in [0.5, 0.6) is 0 Å². The zero-order valence-corrected chi connectivity index (χ0v) is 11.3. The van der Waals surface area contributed by atoms with Gasteiger partial charge in [0.2, 0.25) is 0 Å². The minimum atomic E-state index is -1.04. The highest BCUT2D eigenvalue weighted by Gasteiger charge is 2.23. The normalized spacial score (nSPS) is 13.6. The molecule has 8 heteroatoms. The van der Waals surface area contributed by atoms with Crippen LogP contribution in [0.2, 0.25) is 0 Å². The zero-order chi connectivity index (χ0) is 14.4. The maximum atomic E-state index is 12.1. The van der Waals surface area contributed by atoms with E-state index in [0.29, 0.717) is 12.2 Å². The van der Waals surface area contributed by atoms with Crippen LogP contribution in [0.4, 0.5) is 4.79 Å². The van der Waals surface area contributed by atoms with Gasteiger partial charge in [-0.3, -0.25) is 9.89 Å². The van der Waals surface area contributed by atoms with Crippen LogP contribution in [0, 0.1) is 0 Å². The molecule has 2 atom stereocenters. The Balaban J connectivity index is 2.68. The van der Waals surface area contributed by atoms with Gasteiger partial charge in [0.05, 0.1) is 6.04 Å². The van der Waals surface area contributed by atoms with Gasteiger partial charge in [-0.2, -0.15) is 5.10 Å². The van der Waals surface area contributed by atoms with E-state index in [2.05, 4.69) is 20.5 Å². The summed E-state index contributed by atoms with van der Waals surface area (Å²) in [6.45, 7) is 5.12. The van der Waals surface area contributed by atoms with E-state index in [0.717, 1.165) is 0 Å². The third-order valence-electron chi connectivity index (χ3n) is 2.87. The first-order valence-electron chi connectivity index (χ1n) is 6.09. The summed E-state index contributed by atoms with van der Waals surface area (Å²) >= 11 is 0. The number of hydrogen-bond donors (Lipinski definition) is 3. The van der Waals surface area contributed by atoms with E-state index in [9.17, 15) is 9.59 Å². The third kappa shape index (κ3) is 4.23. The molecule has 0 radical (unpaired) electrons. The Morgan fingerprint density at radius 1 is 1.53 bits per heavy atom. The second-order valence-electron chi connectivity index (χ2n) is 4.32. The van der Waals surface area contributed by atoms with Crippen molar-refractivity contribution >= 4 is 12.0 Å². The lowest BCUT2D eigenvalue weighted by atomic mass is 10.2. The number of aliphatic carboxylic acids is 1. The molecule has 0 bridgehead atoms. The average Bonchev–Trinajstić information content (AvgIpc) is 2.88. The maximum absolute atomic E-state index is 12.1. The predicted octanol–water partition coefficient (Wildman–Crippen LogP) is 0.760. The van der Waals surface area contributed by atoms with Crippen LogP contribution in [0.1, 0.15) is 39.1 Å². The van der Waals surface area contributed by atoms with Crippen LogP contribution in [-0.4, -0.2) is 49.8 Å². The lowest BCUT2D eigenvalue weighted by molar-refractivity contribution is -0.138. The molecule has 3 N–H and O–H groups in total. The molecule has 0 aliphatic carbocycles. The number of nitrogens with one attached hydrogen (secondary N) is 2. The highest BCUT2D eigenvalue weighted by molar-refractivity contribution is 5.80. The molecule has 2 amide bonds. The third-order valence-corrected chi connectivity index (χ3v) is 2.87. The Labute approximate surface area is 111 Å². The summed E-state index contributed by atoms with van der Waals surface area (Å²) in [5, 5.41) is 17.9. The number of nitrogens with zero attached hydrogens (tertiary/aromatic N) is 3. The number of rotatable bonds is 6. The number of hydrogen-bond acceptors (Lipinski definition) is 4. The minimum absolute atomic E-state index is 0.155. The van der Waals surface area contributed by atoms with E-state index in [1.54, 1.807) is 6.92 Å². The van der Waals surface area contributed by atoms with Crippen molar-refractivity contribution in [2.24, 2.45) is 0 Å². The molecule has 0 fully saturated rings. The van der Waals surface area contributed by atoms with Gasteiger partial charge >= 0.3 is 12.0 Å². The molecule has 19 heavy (non-hydrogen) atoms. The predicted molar refractivity (Wildman–Crippen MR) is 67.4 cm³/mol. The summed E-state index contributed by atoms with van der Waals surface area (Å²) in [4.78, 5) is 28.1. The lowest BCUT2D eigenvalue weighted by Gasteiger charge is -2.28. The summed E-state index contributed by atoms with van der Waals surface area (Å²) in [5.41, 5.74) is 0. The molecule has 0 spiro atoms. The van der Waals surface area contributed by atoms with E-state index in [4.69, 9.17) is 5.11 Å². The summed E-state index contributed by atoms with van der Waals surface area (Å²) in [6.07, 6.45) is 2.03. The van der Waals surface area contributed by atoms with Crippen LogP contribution >= 0.6 is 0 Å². The van der Waals surface area contributed by atoms with Gasteiger partial charge in [0, 0.05) is 6.04 Å². The number of H-pyrrole nitrogens is 1. The Kier molecular flexibility index (Phi) is 5.28. The number of carboxylic acids is 1. The molecule has 1 aromatic rings. The molecule has 1 heterocycles. The fourth-order valence-corrected chi connectivity index (χ4v) is 1.55. The number of aromatic nitrogens is 3. The number of carbonyl (C=O) groups is 2.